The van der Waals surface area contributed by atoms with E-state index in [-0.39, 0.29) is 5.97 Å². The van der Waals surface area contributed by atoms with Crippen molar-refractivity contribution in [3.8, 4) is 0 Å². The molecule has 0 amide bonds. The second-order valence-electron chi connectivity index (χ2n) is 5.40. The number of guanidine groups is 1. The van der Waals surface area contributed by atoms with Gasteiger partial charge in [0.15, 0.2) is 5.96 Å². The van der Waals surface area contributed by atoms with Gasteiger partial charge in [-0.2, -0.15) is 0 Å². The highest BCUT2D eigenvalue weighted by Crippen LogP contribution is 2.13. The number of carbonyl (C=O) groups is 1. The van der Waals surface area contributed by atoms with Gasteiger partial charge < -0.3 is 15.4 Å². The van der Waals surface area contributed by atoms with Crippen molar-refractivity contribution < 1.29 is 9.53 Å². The molecule has 1 rings (SSSR count). The van der Waals surface area contributed by atoms with Crippen LogP contribution in [-0.4, -0.2) is 43.7 Å². The molecule has 0 radical (unpaired) electrons. The first-order valence-corrected chi connectivity index (χ1v) is 9.53. The van der Waals surface area contributed by atoms with Gasteiger partial charge in [0.25, 0.3) is 0 Å². The van der Waals surface area contributed by atoms with E-state index >= 15 is 0 Å². The van der Waals surface area contributed by atoms with Crippen LogP contribution in [0.1, 0.15) is 49.4 Å². The standard InChI is InChI=1S/C17H30N4O2S/c1-4-14-13-21-15(24-14)10-12-20-17(18-5-2)19-11-8-6-7-9-16(22)23-3/h13H,4-12H2,1-3H3,(H2,18,19,20). The topological polar surface area (TPSA) is 75.6 Å². The molecule has 0 atom stereocenters. The molecular weight excluding hydrogens is 324 g/mol. The lowest BCUT2D eigenvalue weighted by molar-refractivity contribution is -0.140. The number of aliphatic imine (C=N–C) groups is 1. The summed E-state index contributed by atoms with van der Waals surface area (Å²) in [4.78, 5) is 21.3. The number of hydrogen-bond donors (Lipinski definition) is 2. The molecule has 0 aliphatic rings. The van der Waals surface area contributed by atoms with E-state index in [9.17, 15) is 4.79 Å². The summed E-state index contributed by atoms with van der Waals surface area (Å²) in [6, 6.07) is 0. The zero-order valence-corrected chi connectivity index (χ0v) is 15.9. The number of carbonyl (C=O) groups excluding carboxylic acids is 1. The van der Waals surface area contributed by atoms with E-state index in [0.29, 0.717) is 6.42 Å². The number of aromatic nitrogens is 1. The summed E-state index contributed by atoms with van der Waals surface area (Å²) >= 11 is 1.78. The quantitative estimate of drug-likeness (QED) is 0.276. The van der Waals surface area contributed by atoms with Crippen LogP contribution >= 0.6 is 11.3 Å². The molecule has 0 aromatic carbocycles. The number of nitrogens with one attached hydrogen (secondary N) is 2. The monoisotopic (exact) mass is 354 g/mol. The van der Waals surface area contributed by atoms with Gasteiger partial charge in [-0.25, -0.2) is 4.98 Å². The summed E-state index contributed by atoms with van der Waals surface area (Å²) in [5.41, 5.74) is 0. The molecule has 0 fully saturated rings. The largest absolute Gasteiger partial charge is 0.469 e. The first-order valence-electron chi connectivity index (χ1n) is 8.72. The Kier molecular flexibility index (Phi) is 10.8. The minimum atomic E-state index is -0.137. The Labute approximate surface area is 149 Å². The molecule has 24 heavy (non-hydrogen) atoms. The molecule has 2 N–H and O–H groups in total. The number of hydrogen-bond acceptors (Lipinski definition) is 5. The Morgan fingerprint density at radius 2 is 2.12 bits per heavy atom. The van der Waals surface area contributed by atoms with E-state index in [2.05, 4.69) is 39.2 Å². The Hall–Kier alpha value is -1.63. The average Bonchev–Trinajstić information content (AvgIpc) is 3.05. The van der Waals surface area contributed by atoms with Crippen molar-refractivity contribution in [2.75, 3.05) is 26.7 Å². The molecule has 1 aromatic heterocycles. The van der Waals surface area contributed by atoms with Gasteiger partial charge >= 0.3 is 5.97 Å². The fraction of sp³-hybridized carbons (Fsp3) is 0.706. The normalized spacial score (nSPS) is 11.4. The zero-order chi connectivity index (χ0) is 17.6. The van der Waals surface area contributed by atoms with Crippen molar-refractivity contribution in [1.82, 2.24) is 15.6 Å². The van der Waals surface area contributed by atoms with Gasteiger partial charge in [0, 0.05) is 43.5 Å². The molecule has 136 valence electrons. The summed E-state index contributed by atoms with van der Waals surface area (Å²) in [6.07, 6.45) is 7.23. The first-order chi connectivity index (χ1) is 11.7. The van der Waals surface area contributed by atoms with Gasteiger partial charge in [-0.15, -0.1) is 11.3 Å². The Bertz CT molecular complexity index is 503. The lowest BCUT2D eigenvalue weighted by atomic mass is 10.2. The van der Waals surface area contributed by atoms with Crippen molar-refractivity contribution in [2.24, 2.45) is 4.99 Å². The zero-order valence-electron chi connectivity index (χ0n) is 15.1. The number of nitrogens with zero attached hydrogens (tertiary/aromatic N) is 2. The molecule has 1 heterocycles. The van der Waals surface area contributed by atoms with Crippen LogP contribution in [0, 0.1) is 0 Å². The maximum Gasteiger partial charge on any atom is 0.305 e. The maximum atomic E-state index is 11.0. The van der Waals surface area contributed by atoms with Gasteiger partial charge in [-0.3, -0.25) is 9.79 Å². The Morgan fingerprint density at radius 1 is 1.29 bits per heavy atom. The van der Waals surface area contributed by atoms with E-state index in [0.717, 1.165) is 62.7 Å². The highest BCUT2D eigenvalue weighted by molar-refractivity contribution is 7.11. The maximum absolute atomic E-state index is 11.0. The van der Waals surface area contributed by atoms with Crippen LogP contribution in [0.2, 0.25) is 0 Å². The van der Waals surface area contributed by atoms with Gasteiger partial charge in [-0.05, 0) is 26.2 Å². The summed E-state index contributed by atoms with van der Waals surface area (Å²) < 4.78 is 4.63. The van der Waals surface area contributed by atoms with Crippen LogP contribution in [0.5, 0.6) is 0 Å². The minimum absolute atomic E-state index is 0.137. The number of ether oxygens (including phenoxy) is 1. The van der Waals surface area contributed by atoms with Crippen molar-refractivity contribution in [3.63, 3.8) is 0 Å². The third kappa shape index (κ3) is 8.86. The van der Waals surface area contributed by atoms with E-state index < -0.39 is 0 Å². The van der Waals surface area contributed by atoms with Gasteiger partial charge in [0.1, 0.15) is 0 Å². The van der Waals surface area contributed by atoms with E-state index in [4.69, 9.17) is 0 Å². The lowest BCUT2D eigenvalue weighted by Crippen LogP contribution is -2.38. The van der Waals surface area contributed by atoms with Crippen LogP contribution in [0.25, 0.3) is 0 Å². The predicted octanol–water partition coefficient (Wildman–Crippen LogP) is 2.54. The molecule has 6 nitrogen and oxygen atoms in total. The molecule has 0 saturated carbocycles. The Balaban J connectivity index is 2.22. The summed E-state index contributed by atoms with van der Waals surface area (Å²) in [7, 11) is 1.43. The molecular formula is C17H30N4O2S. The predicted molar refractivity (Wildman–Crippen MR) is 99.7 cm³/mol. The second-order valence-corrected chi connectivity index (χ2v) is 6.60. The molecule has 1 aromatic rings. The fourth-order valence-corrected chi connectivity index (χ4v) is 2.97. The van der Waals surface area contributed by atoms with Crippen molar-refractivity contribution >= 4 is 23.3 Å². The lowest BCUT2D eigenvalue weighted by Gasteiger charge is -2.10. The number of esters is 1. The van der Waals surface area contributed by atoms with E-state index in [1.807, 2.05) is 6.20 Å². The second kappa shape index (κ2) is 12.8. The summed E-state index contributed by atoms with van der Waals surface area (Å²) in [6.45, 7) is 6.63. The van der Waals surface area contributed by atoms with E-state index in [1.165, 1.54) is 12.0 Å². The average molecular weight is 355 g/mol. The van der Waals surface area contributed by atoms with Gasteiger partial charge in [-0.1, -0.05) is 13.3 Å². The molecule has 0 bridgehead atoms. The SMILES string of the molecule is CCNC(=NCCCCCC(=O)OC)NCCc1ncc(CC)s1. The van der Waals surface area contributed by atoms with Crippen molar-refractivity contribution in [2.45, 2.75) is 52.4 Å². The smallest absolute Gasteiger partial charge is 0.305 e. The number of aryl methyl sites for hydroxylation is 1. The van der Waals surface area contributed by atoms with Crippen LogP contribution in [-0.2, 0) is 22.4 Å². The number of thiazole rings is 1. The van der Waals surface area contributed by atoms with Crippen molar-refractivity contribution in [1.29, 1.82) is 0 Å². The van der Waals surface area contributed by atoms with Gasteiger partial charge in [0.2, 0.25) is 0 Å². The molecule has 0 saturated heterocycles. The molecule has 0 aliphatic heterocycles. The number of unbranched alkanes of at least 4 members (excludes halogenated alkanes) is 2. The molecule has 7 heteroatoms. The minimum Gasteiger partial charge on any atom is -0.469 e. The third-order valence-electron chi connectivity index (χ3n) is 3.46. The Morgan fingerprint density at radius 3 is 2.79 bits per heavy atom. The fourth-order valence-electron chi connectivity index (χ4n) is 2.11. The number of rotatable bonds is 11. The summed E-state index contributed by atoms with van der Waals surface area (Å²) in [5.74, 6) is 0.708. The molecule has 0 aliphatic carbocycles. The van der Waals surface area contributed by atoms with Crippen LogP contribution in [0.15, 0.2) is 11.2 Å². The van der Waals surface area contributed by atoms with Crippen molar-refractivity contribution in [3.05, 3.63) is 16.1 Å². The molecule has 0 unspecified atom stereocenters. The first kappa shape index (κ1) is 20.4. The third-order valence-corrected chi connectivity index (χ3v) is 4.66. The van der Waals surface area contributed by atoms with Crippen LogP contribution in [0.4, 0.5) is 0 Å². The van der Waals surface area contributed by atoms with E-state index in [1.54, 1.807) is 11.3 Å². The van der Waals surface area contributed by atoms with Crippen LogP contribution in [0.3, 0.4) is 0 Å². The summed E-state index contributed by atoms with van der Waals surface area (Å²) in [5, 5.41) is 7.76. The van der Waals surface area contributed by atoms with Crippen LogP contribution < -0.4 is 10.6 Å². The van der Waals surface area contributed by atoms with Gasteiger partial charge in [0.05, 0.1) is 12.1 Å². The number of methoxy groups -OCH3 is 1. The highest BCUT2D eigenvalue weighted by Gasteiger charge is 2.02. The molecule has 0 spiro atoms. The highest BCUT2D eigenvalue weighted by atomic mass is 32.1.